The number of carbonyl (C=O) groups excluding carboxylic acids is 2. The molecule has 27 heavy (non-hydrogen) atoms. The normalized spacial score (nSPS) is 37.5. The van der Waals surface area contributed by atoms with E-state index in [1.54, 1.807) is 0 Å². The van der Waals surface area contributed by atoms with E-state index in [0.29, 0.717) is 29.1 Å². The van der Waals surface area contributed by atoms with E-state index >= 15 is 0 Å². The number of hydrogen-bond acceptors (Lipinski definition) is 3. The lowest BCUT2D eigenvalue weighted by molar-refractivity contribution is -0.156. The topological polar surface area (TPSA) is 58.6 Å². The van der Waals surface area contributed by atoms with E-state index in [1.165, 1.54) is 6.42 Å². The molecule has 2 bridgehead atoms. The van der Waals surface area contributed by atoms with Gasteiger partial charge in [0.05, 0.1) is 5.56 Å². The van der Waals surface area contributed by atoms with Gasteiger partial charge in [0.25, 0.3) is 5.91 Å². The maximum Gasteiger partial charge on any atom is 0.258 e. The number of amides is 2. The average molecular weight is 368 g/mol. The predicted molar refractivity (Wildman–Crippen MR) is 101 cm³/mol. The second-order valence-corrected chi connectivity index (χ2v) is 9.05. The fourth-order valence-electron chi connectivity index (χ4n) is 5.89. The zero-order chi connectivity index (χ0) is 18.6. The van der Waals surface area contributed by atoms with Crippen LogP contribution in [0, 0.1) is 23.7 Å². The lowest BCUT2D eigenvalue weighted by atomic mass is 9.59. The zero-order valence-electron chi connectivity index (χ0n) is 15.9. The van der Waals surface area contributed by atoms with Crippen LogP contribution in [0.4, 0.5) is 0 Å². The van der Waals surface area contributed by atoms with Gasteiger partial charge < -0.3 is 15.0 Å². The summed E-state index contributed by atoms with van der Waals surface area (Å²) < 4.78 is 6.40. The number of rotatable bonds is 1. The molecule has 1 saturated heterocycles. The van der Waals surface area contributed by atoms with Crippen molar-refractivity contribution in [2.45, 2.75) is 51.2 Å². The van der Waals surface area contributed by atoms with Crippen LogP contribution in [0.1, 0.15) is 55.8 Å². The fraction of sp³-hybridized carbons (Fsp3) is 0.636. The molecule has 6 rings (SSSR count). The molecule has 3 saturated carbocycles. The molecule has 0 unspecified atom stereocenters. The van der Waals surface area contributed by atoms with Crippen molar-refractivity contribution in [3.63, 3.8) is 0 Å². The van der Waals surface area contributed by atoms with Crippen LogP contribution in [0.5, 0.6) is 5.75 Å². The second kappa shape index (κ2) is 6.25. The van der Waals surface area contributed by atoms with Crippen LogP contribution in [-0.4, -0.2) is 35.5 Å². The monoisotopic (exact) mass is 368 g/mol. The van der Waals surface area contributed by atoms with Crippen molar-refractivity contribution in [3.8, 4) is 5.75 Å². The van der Waals surface area contributed by atoms with Gasteiger partial charge >= 0.3 is 0 Å². The minimum atomic E-state index is -0.625. The van der Waals surface area contributed by atoms with Gasteiger partial charge in [-0.05, 0) is 56.1 Å². The van der Waals surface area contributed by atoms with Crippen LogP contribution < -0.4 is 10.1 Å². The Morgan fingerprint density at radius 1 is 1.26 bits per heavy atom. The smallest absolute Gasteiger partial charge is 0.258 e. The lowest BCUT2D eigenvalue weighted by Crippen LogP contribution is -2.67. The first-order valence-electron chi connectivity index (χ1n) is 10.4. The predicted octanol–water partition coefficient (Wildman–Crippen LogP) is 3.20. The van der Waals surface area contributed by atoms with E-state index < -0.39 is 5.72 Å². The molecule has 5 atom stereocenters. The van der Waals surface area contributed by atoms with Gasteiger partial charge in [-0.3, -0.25) is 9.59 Å². The van der Waals surface area contributed by atoms with Gasteiger partial charge in [0, 0.05) is 31.3 Å². The number of hydrogen-bond donors (Lipinski definition) is 1. The van der Waals surface area contributed by atoms with Crippen LogP contribution in [0.15, 0.2) is 24.3 Å². The molecular weight excluding hydrogens is 340 g/mol. The third-order valence-electron chi connectivity index (χ3n) is 7.25. The Morgan fingerprint density at radius 3 is 2.89 bits per heavy atom. The third-order valence-corrected chi connectivity index (χ3v) is 7.25. The first-order chi connectivity index (χ1) is 13.1. The van der Waals surface area contributed by atoms with Crippen molar-refractivity contribution in [1.29, 1.82) is 0 Å². The highest BCUT2D eigenvalue weighted by molar-refractivity contribution is 5.98. The molecular formula is C22H28N2O3. The molecule has 144 valence electrons. The Kier molecular flexibility index (Phi) is 3.95. The standard InChI is InChI=1S/C22H28N2O3/c1-14-5-4-10-24(13-14)21(26)18-11-16-9-8-15(18)12-22(16)23-20(25)17-6-2-3-7-19(17)27-22/h2-3,6-7,14-16,18H,4-5,8-13H2,1H3,(H,23,25)/t14-,15+,16-,18-,22-/m1/s1. The highest BCUT2D eigenvalue weighted by atomic mass is 16.5. The molecule has 2 heterocycles. The SMILES string of the molecule is C[C@@H]1CCCN(C(=O)[C@@H]2C[C@H]3CC[C@H]2C[C@]32NC(=O)c3ccccc3O2)C1. The summed E-state index contributed by atoms with van der Waals surface area (Å²) in [6, 6.07) is 7.47. The molecule has 5 heteroatoms. The number of piperidine rings is 1. The summed E-state index contributed by atoms with van der Waals surface area (Å²) in [5, 5.41) is 3.18. The van der Waals surface area contributed by atoms with Crippen LogP contribution in [0.25, 0.3) is 0 Å². The number of likely N-dealkylation sites (tertiary alicyclic amines) is 1. The third kappa shape index (κ3) is 2.74. The number of nitrogens with one attached hydrogen (secondary N) is 1. The van der Waals surface area contributed by atoms with Crippen molar-refractivity contribution in [1.82, 2.24) is 10.2 Å². The molecule has 2 amide bonds. The van der Waals surface area contributed by atoms with Crippen LogP contribution >= 0.6 is 0 Å². The van der Waals surface area contributed by atoms with Gasteiger partial charge in [0.2, 0.25) is 5.91 Å². The highest BCUT2D eigenvalue weighted by Crippen LogP contribution is 2.52. The summed E-state index contributed by atoms with van der Waals surface area (Å²) in [5.41, 5.74) is -0.0140. The first kappa shape index (κ1) is 17.1. The highest BCUT2D eigenvalue weighted by Gasteiger charge is 2.57. The molecule has 0 radical (unpaired) electrons. The maximum absolute atomic E-state index is 13.2. The molecule has 3 aliphatic carbocycles. The van der Waals surface area contributed by atoms with Crippen molar-refractivity contribution >= 4 is 11.8 Å². The molecule has 1 aromatic carbocycles. The maximum atomic E-state index is 13.2. The number of ether oxygens (including phenoxy) is 1. The molecule has 1 N–H and O–H groups in total. The zero-order valence-corrected chi connectivity index (χ0v) is 15.9. The van der Waals surface area contributed by atoms with Gasteiger partial charge in [-0.25, -0.2) is 0 Å². The average Bonchev–Trinajstić information content (AvgIpc) is 2.68. The molecule has 4 fully saturated rings. The van der Waals surface area contributed by atoms with Crippen molar-refractivity contribution in [3.05, 3.63) is 29.8 Å². The summed E-state index contributed by atoms with van der Waals surface area (Å²) in [5.74, 6) is 2.18. The Morgan fingerprint density at radius 2 is 2.11 bits per heavy atom. The lowest BCUT2D eigenvalue weighted by Gasteiger charge is -2.55. The Labute approximate surface area is 160 Å². The van der Waals surface area contributed by atoms with E-state index in [9.17, 15) is 9.59 Å². The van der Waals surface area contributed by atoms with E-state index in [4.69, 9.17) is 4.74 Å². The Balaban J connectivity index is 1.36. The van der Waals surface area contributed by atoms with Crippen LogP contribution in [0.2, 0.25) is 0 Å². The van der Waals surface area contributed by atoms with Crippen LogP contribution in [-0.2, 0) is 4.79 Å². The molecule has 1 aromatic rings. The number of nitrogens with zero attached hydrogens (tertiary/aromatic N) is 1. The van der Waals surface area contributed by atoms with Gasteiger partial charge in [-0.15, -0.1) is 0 Å². The molecule has 0 aromatic heterocycles. The molecule has 5 nitrogen and oxygen atoms in total. The van der Waals surface area contributed by atoms with Gasteiger partial charge in [0.15, 0.2) is 5.72 Å². The Bertz CT molecular complexity index is 779. The molecule has 1 spiro atoms. The number of para-hydroxylation sites is 1. The van der Waals surface area contributed by atoms with Gasteiger partial charge in [-0.1, -0.05) is 19.1 Å². The van der Waals surface area contributed by atoms with E-state index in [2.05, 4.69) is 17.1 Å². The summed E-state index contributed by atoms with van der Waals surface area (Å²) in [6.45, 7) is 4.05. The second-order valence-electron chi connectivity index (χ2n) is 9.05. The van der Waals surface area contributed by atoms with E-state index in [0.717, 1.165) is 45.2 Å². The number of carbonyl (C=O) groups is 2. The quantitative estimate of drug-likeness (QED) is 0.828. The van der Waals surface area contributed by atoms with Crippen molar-refractivity contribution in [2.24, 2.45) is 23.7 Å². The van der Waals surface area contributed by atoms with Gasteiger partial charge in [-0.2, -0.15) is 0 Å². The van der Waals surface area contributed by atoms with E-state index in [1.807, 2.05) is 24.3 Å². The summed E-state index contributed by atoms with van der Waals surface area (Å²) in [7, 11) is 0. The minimum Gasteiger partial charge on any atom is -0.467 e. The number of benzene rings is 1. The van der Waals surface area contributed by atoms with Gasteiger partial charge in [0.1, 0.15) is 5.75 Å². The number of fused-ring (bicyclic) bond motifs is 3. The summed E-state index contributed by atoms with van der Waals surface area (Å²) in [4.78, 5) is 28.0. The largest absolute Gasteiger partial charge is 0.467 e. The Hall–Kier alpha value is -2.04. The molecule has 2 aliphatic heterocycles. The van der Waals surface area contributed by atoms with Crippen molar-refractivity contribution in [2.75, 3.05) is 13.1 Å². The summed E-state index contributed by atoms with van der Waals surface area (Å²) >= 11 is 0. The minimum absolute atomic E-state index is 0.0443. The van der Waals surface area contributed by atoms with E-state index in [-0.39, 0.29) is 17.7 Å². The van der Waals surface area contributed by atoms with Crippen LogP contribution in [0.3, 0.4) is 0 Å². The first-order valence-corrected chi connectivity index (χ1v) is 10.4. The fourth-order valence-corrected chi connectivity index (χ4v) is 5.89. The molecule has 5 aliphatic rings. The summed E-state index contributed by atoms with van der Waals surface area (Å²) in [6.07, 6.45) is 6.01. The van der Waals surface area contributed by atoms with Crippen molar-refractivity contribution < 1.29 is 14.3 Å².